The summed E-state index contributed by atoms with van der Waals surface area (Å²) in [5, 5.41) is 3.17. The predicted octanol–water partition coefficient (Wildman–Crippen LogP) is 1.62. The number of esters is 1. The molecular weight excluding hydrogens is 234 g/mol. The molecule has 0 aromatic carbocycles. The highest BCUT2D eigenvalue weighted by Crippen LogP contribution is 2.16. The molecule has 1 aromatic rings. The zero-order valence-electron chi connectivity index (χ0n) is 11.0. The Morgan fingerprint density at radius 3 is 2.94 bits per heavy atom. The van der Waals surface area contributed by atoms with Gasteiger partial charge in [-0.2, -0.15) is 0 Å². The van der Waals surface area contributed by atoms with Gasteiger partial charge in [-0.25, -0.2) is 4.79 Å². The number of hydrogen-bond donors (Lipinski definition) is 1. The molecule has 0 saturated heterocycles. The minimum atomic E-state index is -0.380. The average molecular weight is 253 g/mol. The Morgan fingerprint density at radius 2 is 2.28 bits per heavy atom. The van der Waals surface area contributed by atoms with Crippen LogP contribution in [0.2, 0.25) is 0 Å². The highest BCUT2D eigenvalue weighted by atomic mass is 16.5. The number of hydrogen-bond acceptors (Lipinski definition) is 5. The van der Waals surface area contributed by atoms with Gasteiger partial charge in [-0.05, 0) is 19.1 Å². The van der Waals surface area contributed by atoms with Gasteiger partial charge < -0.3 is 19.2 Å². The first-order valence-electron chi connectivity index (χ1n) is 5.74. The predicted molar refractivity (Wildman–Crippen MR) is 68.6 cm³/mol. The quantitative estimate of drug-likeness (QED) is 0.591. The van der Waals surface area contributed by atoms with Crippen LogP contribution in [0.25, 0.3) is 6.08 Å². The Balaban J connectivity index is 2.47. The van der Waals surface area contributed by atoms with Gasteiger partial charge in [0.2, 0.25) is 0 Å². The van der Waals surface area contributed by atoms with E-state index < -0.39 is 0 Å². The second-order valence-corrected chi connectivity index (χ2v) is 3.71. The number of carbonyl (C=O) groups excluding carboxylic acids is 1. The molecule has 1 aromatic heterocycles. The molecule has 0 aliphatic heterocycles. The molecule has 18 heavy (non-hydrogen) atoms. The van der Waals surface area contributed by atoms with Crippen molar-refractivity contribution in [3.63, 3.8) is 0 Å². The van der Waals surface area contributed by atoms with Crippen LogP contribution in [0.4, 0.5) is 0 Å². The van der Waals surface area contributed by atoms with Gasteiger partial charge in [0.25, 0.3) is 0 Å². The summed E-state index contributed by atoms with van der Waals surface area (Å²) in [5.41, 5.74) is 0.462. The Kier molecular flexibility index (Phi) is 6.18. The zero-order valence-corrected chi connectivity index (χ0v) is 11.0. The van der Waals surface area contributed by atoms with Gasteiger partial charge >= 0.3 is 5.97 Å². The van der Waals surface area contributed by atoms with Gasteiger partial charge in [0.1, 0.15) is 17.1 Å². The number of ether oxygens (including phenoxy) is 2. The van der Waals surface area contributed by atoms with E-state index in [1.807, 2.05) is 12.2 Å². The van der Waals surface area contributed by atoms with Crippen LogP contribution < -0.4 is 5.32 Å². The van der Waals surface area contributed by atoms with Gasteiger partial charge in [0.15, 0.2) is 0 Å². The molecule has 5 heteroatoms. The second kappa shape index (κ2) is 7.68. The third kappa shape index (κ3) is 4.35. The Morgan fingerprint density at radius 1 is 1.50 bits per heavy atom. The van der Waals surface area contributed by atoms with Crippen LogP contribution >= 0.6 is 0 Å². The average Bonchev–Trinajstić information content (AvgIpc) is 2.74. The van der Waals surface area contributed by atoms with Crippen molar-refractivity contribution >= 4 is 12.0 Å². The number of methoxy groups -OCH3 is 2. The van der Waals surface area contributed by atoms with Crippen molar-refractivity contribution in [1.82, 2.24) is 5.32 Å². The summed E-state index contributed by atoms with van der Waals surface area (Å²) < 4.78 is 15.0. The third-order valence-electron chi connectivity index (χ3n) is 2.37. The van der Waals surface area contributed by atoms with Gasteiger partial charge in [-0.15, -0.1) is 0 Å². The van der Waals surface area contributed by atoms with Crippen molar-refractivity contribution in [2.75, 3.05) is 33.9 Å². The lowest BCUT2D eigenvalue weighted by atomic mass is 10.2. The van der Waals surface area contributed by atoms with Gasteiger partial charge in [-0.1, -0.05) is 6.08 Å². The molecular formula is C13H19NO4. The maximum atomic E-state index is 11.4. The van der Waals surface area contributed by atoms with Crippen molar-refractivity contribution in [3.8, 4) is 0 Å². The summed E-state index contributed by atoms with van der Waals surface area (Å²) in [7, 11) is 3.02. The molecule has 0 unspecified atom stereocenters. The van der Waals surface area contributed by atoms with Crippen LogP contribution in [0.15, 0.2) is 16.6 Å². The Labute approximate surface area is 107 Å². The molecule has 0 bridgehead atoms. The number of furan rings is 1. The Bertz CT molecular complexity index is 409. The van der Waals surface area contributed by atoms with Crippen molar-refractivity contribution in [1.29, 1.82) is 0 Å². The third-order valence-corrected chi connectivity index (χ3v) is 2.37. The minimum Gasteiger partial charge on any atom is -0.465 e. The van der Waals surface area contributed by atoms with Crippen LogP contribution in [-0.4, -0.2) is 39.9 Å². The molecule has 0 amide bonds. The molecule has 0 aliphatic rings. The molecule has 1 rings (SSSR count). The summed E-state index contributed by atoms with van der Waals surface area (Å²) in [6.07, 6.45) is 3.74. The first kappa shape index (κ1) is 14.5. The maximum absolute atomic E-state index is 11.4. The minimum absolute atomic E-state index is 0.380. The fraction of sp³-hybridized carbons (Fsp3) is 0.462. The van der Waals surface area contributed by atoms with Crippen LogP contribution in [0.1, 0.15) is 21.9 Å². The molecule has 1 N–H and O–H groups in total. The van der Waals surface area contributed by atoms with Crippen LogP contribution in [0, 0.1) is 6.92 Å². The first-order valence-corrected chi connectivity index (χ1v) is 5.74. The maximum Gasteiger partial charge on any atom is 0.341 e. The molecule has 100 valence electrons. The van der Waals surface area contributed by atoms with Crippen LogP contribution in [-0.2, 0) is 9.47 Å². The standard InChI is InChI=1S/C13H19NO4/c1-10-12(13(15)17-3)9-11(18-10)5-4-6-14-7-8-16-2/h4-5,9,14H,6-8H2,1-3H3. The zero-order chi connectivity index (χ0) is 13.4. The smallest absolute Gasteiger partial charge is 0.341 e. The number of nitrogens with one attached hydrogen (secondary N) is 1. The van der Waals surface area contributed by atoms with E-state index in [0.717, 1.165) is 13.1 Å². The number of rotatable bonds is 7. The van der Waals surface area contributed by atoms with Gasteiger partial charge in [0, 0.05) is 20.2 Å². The van der Waals surface area contributed by atoms with Crippen LogP contribution in [0.5, 0.6) is 0 Å². The largest absolute Gasteiger partial charge is 0.465 e. The van der Waals surface area contributed by atoms with E-state index in [-0.39, 0.29) is 5.97 Å². The number of aryl methyl sites for hydroxylation is 1. The molecule has 0 aliphatic carbocycles. The van der Waals surface area contributed by atoms with E-state index >= 15 is 0 Å². The van der Waals surface area contributed by atoms with E-state index in [1.165, 1.54) is 7.11 Å². The fourth-order valence-electron chi connectivity index (χ4n) is 1.43. The van der Waals surface area contributed by atoms with Gasteiger partial charge in [-0.3, -0.25) is 0 Å². The van der Waals surface area contributed by atoms with E-state index in [4.69, 9.17) is 9.15 Å². The topological polar surface area (TPSA) is 60.7 Å². The molecule has 1 heterocycles. The molecule has 0 radical (unpaired) electrons. The van der Waals surface area contributed by atoms with E-state index in [2.05, 4.69) is 10.1 Å². The fourth-order valence-corrected chi connectivity index (χ4v) is 1.43. The van der Waals surface area contributed by atoms with Crippen molar-refractivity contribution in [2.45, 2.75) is 6.92 Å². The summed E-state index contributed by atoms with van der Waals surface area (Å²) in [6.45, 7) is 3.93. The Hall–Kier alpha value is -1.59. The molecule has 5 nitrogen and oxygen atoms in total. The summed E-state index contributed by atoms with van der Waals surface area (Å²) in [4.78, 5) is 11.4. The van der Waals surface area contributed by atoms with E-state index in [9.17, 15) is 4.79 Å². The lowest BCUT2D eigenvalue weighted by Crippen LogP contribution is -2.18. The van der Waals surface area contributed by atoms with Crippen molar-refractivity contribution < 1.29 is 18.7 Å². The SMILES string of the molecule is COCCNCC=Cc1cc(C(=O)OC)c(C)o1. The van der Waals surface area contributed by atoms with E-state index in [0.29, 0.717) is 23.7 Å². The highest BCUT2D eigenvalue weighted by molar-refractivity contribution is 5.90. The van der Waals surface area contributed by atoms with E-state index in [1.54, 1.807) is 20.1 Å². The number of carbonyl (C=O) groups is 1. The highest BCUT2D eigenvalue weighted by Gasteiger charge is 2.13. The monoisotopic (exact) mass is 253 g/mol. The normalized spacial score (nSPS) is 11.1. The van der Waals surface area contributed by atoms with Crippen molar-refractivity contribution in [3.05, 3.63) is 29.2 Å². The molecule has 0 spiro atoms. The summed E-state index contributed by atoms with van der Waals surface area (Å²) in [6, 6.07) is 1.67. The summed E-state index contributed by atoms with van der Waals surface area (Å²) >= 11 is 0. The molecule has 0 atom stereocenters. The molecule has 0 saturated carbocycles. The van der Waals surface area contributed by atoms with Crippen molar-refractivity contribution in [2.24, 2.45) is 0 Å². The summed E-state index contributed by atoms with van der Waals surface area (Å²) in [5.74, 6) is 0.824. The lowest BCUT2D eigenvalue weighted by Gasteiger charge is -1.98. The second-order valence-electron chi connectivity index (χ2n) is 3.71. The first-order chi connectivity index (χ1) is 8.69. The lowest BCUT2D eigenvalue weighted by molar-refractivity contribution is 0.0599. The van der Waals surface area contributed by atoms with Gasteiger partial charge in [0.05, 0.1) is 13.7 Å². The molecule has 0 fully saturated rings. The van der Waals surface area contributed by atoms with Crippen LogP contribution in [0.3, 0.4) is 0 Å².